The van der Waals surface area contributed by atoms with Gasteiger partial charge in [0.05, 0.1) is 5.69 Å². The molecule has 0 aliphatic rings. The third-order valence-electron chi connectivity index (χ3n) is 4.56. The summed E-state index contributed by atoms with van der Waals surface area (Å²) in [6, 6.07) is 8.57. The third-order valence-corrected chi connectivity index (χ3v) is 4.56. The molecular formula is C20H23FN4O. The standard InChI is InChI=1S/C20H23FN4O/c1-13-12-19-23-14(2)17(15(3)25(19)24-13)8-9-20(26)22-11-10-16-6-4-5-7-18(16)21/h4-7,12H,8-11H2,1-3H3,(H,22,26). The first-order chi connectivity index (χ1) is 12.5. The zero-order chi connectivity index (χ0) is 18.7. The van der Waals surface area contributed by atoms with Crippen molar-refractivity contribution in [3.05, 3.63) is 64.4 Å². The van der Waals surface area contributed by atoms with E-state index in [0.29, 0.717) is 31.4 Å². The average molecular weight is 354 g/mol. The number of hydrogen-bond donors (Lipinski definition) is 1. The van der Waals surface area contributed by atoms with Crippen molar-refractivity contribution in [2.75, 3.05) is 6.54 Å². The number of benzene rings is 1. The average Bonchev–Trinajstić information content (AvgIpc) is 2.97. The molecule has 0 atom stereocenters. The van der Waals surface area contributed by atoms with Gasteiger partial charge in [0, 0.05) is 30.4 Å². The first kappa shape index (κ1) is 18.0. The molecule has 0 saturated carbocycles. The maximum atomic E-state index is 13.6. The lowest BCUT2D eigenvalue weighted by atomic mass is 10.1. The van der Waals surface area contributed by atoms with Gasteiger partial charge in [-0.15, -0.1) is 0 Å². The van der Waals surface area contributed by atoms with Gasteiger partial charge < -0.3 is 5.32 Å². The molecule has 6 heteroatoms. The van der Waals surface area contributed by atoms with Crippen LogP contribution in [0.15, 0.2) is 30.3 Å². The first-order valence-corrected chi connectivity index (χ1v) is 8.78. The summed E-state index contributed by atoms with van der Waals surface area (Å²) in [6.07, 6.45) is 1.45. The van der Waals surface area contributed by atoms with E-state index in [9.17, 15) is 9.18 Å². The molecule has 2 heterocycles. The van der Waals surface area contributed by atoms with Gasteiger partial charge in [-0.25, -0.2) is 13.9 Å². The fraction of sp³-hybridized carbons (Fsp3) is 0.350. The van der Waals surface area contributed by atoms with Gasteiger partial charge >= 0.3 is 0 Å². The Morgan fingerprint density at radius 3 is 2.73 bits per heavy atom. The zero-order valence-electron chi connectivity index (χ0n) is 15.3. The molecule has 0 aliphatic carbocycles. The van der Waals surface area contributed by atoms with Gasteiger partial charge in [-0.05, 0) is 50.8 Å². The molecule has 3 rings (SSSR count). The molecule has 136 valence electrons. The number of amides is 1. The second-order valence-corrected chi connectivity index (χ2v) is 6.51. The molecule has 1 N–H and O–H groups in total. The fourth-order valence-electron chi connectivity index (χ4n) is 3.17. The van der Waals surface area contributed by atoms with Gasteiger partial charge in [0.2, 0.25) is 5.91 Å². The molecule has 0 aliphatic heterocycles. The van der Waals surface area contributed by atoms with Crippen LogP contribution in [0.1, 0.15) is 34.6 Å². The van der Waals surface area contributed by atoms with Gasteiger partial charge in [0.15, 0.2) is 5.65 Å². The number of carbonyl (C=O) groups excluding carboxylic acids is 1. The number of aryl methyl sites for hydroxylation is 3. The minimum absolute atomic E-state index is 0.0446. The number of rotatable bonds is 6. The van der Waals surface area contributed by atoms with Crippen molar-refractivity contribution in [3.63, 3.8) is 0 Å². The normalized spacial score (nSPS) is 11.1. The van der Waals surface area contributed by atoms with E-state index in [-0.39, 0.29) is 11.7 Å². The Bertz CT molecular complexity index is 948. The van der Waals surface area contributed by atoms with Crippen LogP contribution in [0, 0.1) is 26.6 Å². The highest BCUT2D eigenvalue weighted by molar-refractivity contribution is 5.76. The lowest BCUT2D eigenvalue weighted by molar-refractivity contribution is -0.121. The number of fused-ring (bicyclic) bond motifs is 1. The van der Waals surface area contributed by atoms with E-state index in [1.165, 1.54) is 6.07 Å². The topological polar surface area (TPSA) is 59.3 Å². The van der Waals surface area contributed by atoms with Gasteiger partial charge in [0.25, 0.3) is 0 Å². The maximum absolute atomic E-state index is 13.6. The summed E-state index contributed by atoms with van der Waals surface area (Å²) in [5, 5.41) is 7.31. The SMILES string of the molecule is Cc1cc2nc(C)c(CCC(=O)NCCc3ccccc3F)c(C)n2n1. The molecule has 0 saturated heterocycles. The van der Waals surface area contributed by atoms with E-state index in [0.717, 1.165) is 28.3 Å². The monoisotopic (exact) mass is 354 g/mol. The van der Waals surface area contributed by atoms with Crippen LogP contribution in [-0.2, 0) is 17.6 Å². The Morgan fingerprint density at radius 1 is 1.19 bits per heavy atom. The Kier molecular flexibility index (Phi) is 5.30. The minimum Gasteiger partial charge on any atom is -0.356 e. The molecule has 0 unspecified atom stereocenters. The minimum atomic E-state index is -0.234. The first-order valence-electron chi connectivity index (χ1n) is 8.78. The zero-order valence-corrected chi connectivity index (χ0v) is 15.3. The summed E-state index contributed by atoms with van der Waals surface area (Å²) in [5.74, 6) is -0.279. The molecule has 0 radical (unpaired) electrons. The van der Waals surface area contributed by atoms with Crippen molar-refractivity contribution >= 4 is 11.6 Å². The molecule has 1 amide bonds. The van der Waals surface area contributed by atoms with Gasteiger partial charge in [0.1, 0.15) is 5.82 Å². The van der Waals surface area contributed by atoms with Crippen LogP contribution in [0.4, 0.5) is 4.39 Å². The van der Waals surface area contributed by atoms with Gasteiger partial charge in [-0.3, -0.25) is 4.79 Å². The fourth-order valence-corrected chi connectivity index (χ4v) is 3.17. The summed E-state index contributed by atoms with van der Waals surface area (Å²) in [4.78, 5) is 16.7. The summed E-state index contributed by atoms with van der Waals surface area (Å²) in [7, 11) is 0. The van der Waals surface area contributed by atoms with E-state index in [4.69, 9.17) is 0 Å². The largest absolute Gasteiger partial charge is 0.356 e. The Balaban J connectivity index is 1.58. The summed E-state index contributed by atoms with van der Waals surface area (Å²) < 4.78 is 15.4. The quantitative estimate of drug-likeness (QED) is 0.740. The lowest BCUT2D eigenvalue weighted by Crippen LogP contribution is -2.26. The number of hydrogen-bond acceptors (Lipinski definition) is 3. The maximum Gasteiger partial charge on any atom is 0.220 e. The summed E-state index contributed by atoms with van der Waals surface area (Å²) in [6.45, 7) is 6.32. The van der Waals surface area contributed by atoms with Crippen LogP contribution in [0.3, 0.4) is 0 Å². The molecule has 2 aromatic heterocycles. The molecular weight excluding hydrogens is 331 g/mol. The number of nitrogens with zero attached hydrogens (tertiary/aromatic N) is 3. The second kappa shape index (κ2) is 7.64. The molecule has 1 aromatic carbocycles. The van der Waals surface area contributed by atoms with E-state index < -0.39 is 0 Å². The highest BCUT2D eigenvalue weighted by atomic mass is 19.1. The number of aromatic nitrogens is 3. The molecule has 5 nitrogen and oxygen atoms in total. The molecule has 26 heavy (non-hydrogen) atoms. The lowest BCUT2D eigenvalue weighted by Gasteiger charge is -2.11. The molecule has 3 aromatic rings. The van der Waals surface area contributed by atoms with Crippen molar-refractivity contribution < 1.29 is 9.18 Å². The number of halogens is 1. The van der Waals surface area contributed by atoms with Gasteiger partial charge in [-0.1, -0.05) is 18.2 Å². The van der Waals surface area contributed by atoms with Crippen LogP contribution in [0.2, 0.25) is 0 Å². The molecule has 0 fully saturated rings. The van der Waals surface area contributed by atoms with Crippen molar-refractivity contribution in [1.29, 1.82) is 0 Å². The van der Waals surface area contributed by atoms with Gasteiger partial charge in [-0.2, -0.15) is 5.10 Å². The third kappa shape index (κ3) is 3.90. The van der Waals surface area contributed by atoms with E-state index in [2.05, 4.69) is 15.4 Å². The van der Waals surface area contributed by atoms with E-state index >= 15 is 0 Å². The number of carbonyl (C=O) groups is 1. The predicted molar refractivity (Wildman–Crippen MR) is 98.6 cm³/mol. The van der Waals surface area contributed by atoms with Crippen LogP contribution in [-0.4, -0.2) is 27.0 Å². The Hall–Kier alpha value is -2.76. The highest BCUT2D eigenvalue weighted by Crippen LogP contribution is 2.17. The van der Waals surface area contributed by atoms with Crippen LogP contribution < -0.4 is 5.32 Å². The predicted octanol–water partition coefficient (Wildman–Crippen LogP) is 3.09. The van der Waals surface area contributed by atoms with E-state index in [1.807, 2.05) is 31.4 Å². The van der Waals surface area contributed by atoms with E-state index in [1.54, 1.807) is 18.2 Å². The van der Waals surface area contributed by atoms with Crippen LogP contribution >= 0.6 is 0 Å². The van der Waals surface area contributed by atoms with Crippen molar-refractivity contribution in [2.45, 2.75) is 40.0 Å². The van der Waals surface area contributed by atoms with Crippen LogP contribution in [0.25, 0.3) is 5.65 Å². The van der Waals surface area contributed by atoms with Crippen molar-refractivity contribution in [1.82, 2.24) is 19.9 Å². The Labute approximate surface area is 152 Å². The van der Waals surface area contributed by atoms with Crippen molar-refractivity contribution in [2.24, 2.45) is 0 Å². The summed E-state index contributed by atoms with van der Waals surface area (Å²) >= 11 is 0. The number of nitrogens with one attached hydrogen (secondary N) is 1. The second-order valence-electron chi connectivity index (χ2n) is 6.51. The molecule has 0 bridgehead atoms. The van der Waals surface area contributed by atoms with Crippen LogP contribution in [0.5, 0.6) is 0 Å². The Morgan fingerprint density at radius 2 is 1.96 bits per heavy atom. The smallest absolute Gasteiger partial charge is 0.220 e. The highest BCUT2D eigenvalue weighted by Gasteiger charge is 2.12. The van der Waals surface area contributed by atoms with Crippen molar-refractivity contribution in [3.8, 4) is 0 Å². The summed E-state index contributed by atoms with van der Waals surface area (Å²) in [5.41, 5.74) is 5.35. The molecule has 0 spiro atoms.